The SMILES string of the molecule is CCCCc1nn(CC(=O)N2CC[C@H](COC)C2)c(=O)n1Cc1ccccc1. The van der Waals surface area contributed by atoms with Gasteiger partial charge in [-0.15, -0.1) is 0 Å². The third-order valence-corrected chi connectivity index (χ3v) is 5.26. The number of carbonyl (C=O) groups is 1. The van der Waals surface area contributed by atoms with Gasteiger partial charge in [0.25, 0.3) is 0 Å². The summed E-state index contributed by atoms with van der Waals surface area (Å²) in [4.78, 5) is 27.5. The number of hydrogen-bond acceptors (Lipinski definition) is 4. The standard InChI is InChI=1S/C21H30N4O3/c1-3-4-10-19-22-25(15-20(26)23-12-11-18(13-23)16-28-2)21(27)24(19)14-17-8-6-5-7-9-17/h5-9,18H,3-4,10-16H2,1-2H3/t18-/m0/s1. The van der Waals surface area contributed by atoms with Crippen LogP contribution in [0.1, 0.15) is 37.6 Å². The van der Waals surface area contributed by atoms with Gasteiger partial charge in [0.05, 0.1) is 13.2 Å². The Labute approximate surface area is 165 Å². The predicted octanol–water partition coefficient (Wildman–Crippen LogP) is 1.93. The molecule has 0 spiro atoms. The molecule has 1 aliphatic rings. The number of aryl methyl sites for hydroxylation is 1. The van der Waals surface area contributed by atoms with Crippen molar-refractivity contribution >= 4 is 5.91 Å². The van der Waals surface area contributed by atoms with Gasteiger partial charge in [0.2, 0.25) is 5.91 Å². The van der Waals surface area contributed by atoms with Crippen LogP contribution in [-0.4, -0.2) is 52.0 Å². The van der Waals surface area contributed by atoms with Crippen molar-refractivity contribution in [2.75, 3.05) is 26.8 Å². The van der Waals surface area contributed by atoms with Crippen molar-refractivity contribution in [3.8, 4) is 0 Å². The van der Waals surface area contributed by atoms with E-state index in [0.29, 0.717) is 25.6 Å². The number of methoxy groups -OCH3 is 1. The highest BCUT2D eigenvalue weighted by Crippen LogP contribution is 2.16. The summed E-state index contributed by atoms with van der Waals surface area (Å²) >= 11 is 0. The largest absolute Gasteiger partial charge is 0.384 e. The van der Waals surface area contributed by atoms with Crippen molar-refractivity contribution in [2.24, 2.45) is 5.92 Å². The predicted molar refractivity (Wildman–Crippen MR) is 107 cm³/mol. The second kappa shape index (κ2) is 9.68. The first kappa shape index (κ1) is 20.3. The molecule has 7 heteroatoms. The third kappa shape index (κ3) is 4.90. The van der Waals surface area contributed by atoms with Gasteiger partial charge in [0, 0.05) is 32.5 Å². The van der Waals surface area contributed by atoms with Gasteiger partial charge < -0.3 is 9.64 Å². The van der Waals surface area contributed by atoms with Gasteiger partial charge >= 0.3 is 5.69 Å². The molecule has 0 bridgehead atoms. The highest BCUT2D eigenvalue weighted by atomic mass is 16.5. The van der Waals surface area contributed by atoms with Crippen LogP contribution in [0.5, 0.6) is 0 Å². The molecule has 0 unspecified atom stereocenters. The number of rotatable bonds is 9. The van der Waals surface area contributed by atoms with Gasteiger partial charge in [0.15, 0.2) is 0 Å². The molecule has 2 heterocycles. The Morgan fingerprint density at radius 3 is 2.79 bits per heavy atom. The van der Waals surface area contributed by atoms with Gasteiger partial charge in [-0.05, 0) is 18.4 Å². The molecule has 1 atom stereocenters. The maximum atomic E-state index is 12.9. The van der Waals surface area contributed by atoms with Crippen LogP contribution in [-0.2, 0) is 29.0 Å². The van der Waals surface area contributed by atoms with Crippen LogP contribution in [0.3, 0.4) is 0 Å². The monoisotopic (exact) mass is 386 g/mol. The lowest BCUT2D eigenvalue weighted by molar-refractivity contribution is -0.131. The van der Waals surface area contributed by atoms with Crippen LogP contribution < -0.4 is 5.69 Å². The molecule has 3 rings (SSSR count). The number of likely N-dealkylation sites (tertiary alicyclic amines) is 1. The molecular weight excluding hydrogens is 356 g/mol. The van der Waals surface area contributed by atoms with Gasteiger partial charge in [-0.1, -0.05) is 43.7 Å². The van der Waals surface area contributed by atoms with E-state index in [4.69, 9.17) is 4.74 Å². The van der Waals surface area contributed by atoms with E-state index in [1.165, 1.54) is 4.68 Å². The van der Waals surface area contributed by atoms with Crippen molar-refractivity contribution in [3.05, 3.63) is 52.2 Å². The molecule has 1 fully saturated rings. The molecule has 1 amide bonds. The fourth-order valence-electron chi connectivity index (χ4n) is 3.69. The maximum Gasteiger partial charge on any atom is 0.346 e. The van der Waals surface area contributed by atoms with Crippen LogP contribution in [0.15, 0.2) is 35.1 Å². The van der Waals surface area contributed by atoms with E-state index in [9.17, 15) is 9.59 Å². The quantitative estimate of drug-likeness (QED) is 0.660. The first-order valence-electron chi connectivity index (χ1n) is 10.1. The van der Waals surface area contributed by atoms with Crippen molar-refractivity contribution in [3.63, 3.8) is 0 Å². The Morgan fingerprint density at radius 1 is 1.29 bits per heavy atom. The molecule has 28 heavy (non-hydrogen) atoms. The summed E-state index contributed by atoms with van der Waals surface area (Å²) in [7, 11) is 1.68. The molecule has 1 aliphatic heterocycles. The zero-order chi connectivity index (χ0) is 19.9. The molecule has 152 valence electrons. The molecular formula is C21H30N4O3. The summed E-state index contributed by atoms with van der Waals surface area (Å²) in [6.07, 6.45) is 3.67. The lowest BCUT2D eigenvalue weighted by Crippen LogP contribution is -2.36. The van der Waals surface area contributed by atoms with Crippen LogP contribution in [0, 0.1) is 5.92 Å². The van der Waals surface area contributed by atoms with Crippen molar-refractivity contribution < 1.29 is 9.53 Å². The van der Waals surface area contributed by atoms with Gasteiger partial charge in [-0.3, -0.25) is 9.36 Å². The van der Waals surface area contributed by atoms with E-state index in [-0.39, 0.29) is 18.1 Å². The normalized spacial score (nSPS) is 16.6. The van der Waals surface area contributed by atoms with E-state index in [1.54, 1.807) is 11.7 Å². The van der Waals surface area contributed by atoms with E-state index < -0.39 is 0 Å². The average molecular weight is 386 g/mol. The Kier molecular flexibility index (Phi) is 7.03. The van der Waals surface area contributed by atoms with Crippen LogP contribution in [0.2, 0.25) is 0 Å². The smallest absolute Gasteiger partial charge is 0.346 e. The van der Waals surface area contributed by atoms with Crippen LogP contribution >= 0.6 is 0 Å². The minimum Gasteiger partial charge on any atom is -0.384 e. The molecule has 1 saturated heterocycles. The maximum absolute atomic E-state index is 12.9. The first-order chi connectivity index (χ1) is 13.6. The Balaban J connectivity index is 1.75. The van der Waals surface area contributed by atoms with Crippen LogP contribution in [0.4, 0.5) is 0 Å². The fraction of sp³-hybridized carbons (Fsp3) is 0.571. The topological polar surface area (TPSA) is 69.4 Å². The molecule has 1 aromatic heterocycles. The van der Waals surface area contributed by atoms with Crippen molar-refractivity contribution in [1.29, 1.82) is 0 Å². The summed E-state index contributed by atoms with van der Waals surface area (Å²) in [6, 6.07) is 9.88. The summed E-state index contributed by atoms with van der Waals surface area (Å²) in [6.45, 7) is 4.66. The number of nitrogens with zero attached hydrogens (tertiary/aromatic N) is 4. The molecule has 0 radical (unpaired) electrons. The lowest BCUT2D eigenvalue weighted by Gasteiger charge is -2.16. The molecule has 0 aliphatic carbocycles. The second-order valence-corrected chi connectivity index (χ2v) is 7.48. The Hall–Kier alpha value is -2.41. The molecule has 0 N–H and O–H groups in total. The number of ether oxygens (including phenoxy) is 1. The third-order valence-electron chi connectivity index (χ3n) is 5.26. The number of benzene rings is 1. The Bertz CT molecular complexity index is 828. The van der Waals surface area contributed by atoms with Crippen molar-refractivity contribution in [1.82, 2.24) is 19.2 Å². The number of unbranched alkanes of at least 4 members (excludes halogenated alkanes) is 1. The zero-order valence-corrected chi connectivity index (χ0v) is 16.8. The van der Waals surface area contributed by atoms with E-state index in [1.807, 2.05) is 35.2 Å². The molecule has 0 saturated carbocycles. The minimum absolute atomic E-state index is 0.000545. The van der Waals surface area contributed by atoms with E-state index >= 15 is 0 Å². The van der Waals surface area contributed by atoms with Gasteiger partial charge in [-0.2, -0.15) is 5.10 Å². The summed E-state index contributed by atoms with van der Waals surface area (Å²) < 4.78 is 8.23. The number of aromatic nitrogens is 3. The highest BCUT2D eigenvalue weighted by molar-refractivity contribution is 5.76. The molecule has 1 aromatic carbocycles. The summed E-state index contributed by atoms with van der Waals surface area (Å²) in [5.41, 5.74) is 0.839. The second-order valence-electron chi connectivity index (χ2n) is 7.48. The first-order valence-corrected chi connectivity index (χ1v) is 10.1. The number of hydrogen-bond donors (Lipinski definition) is 0. The zero-order valence-electron chi connectivity index (χ0n) is 16.8. The average Bonchev–Trinajstić information content (AvgIpc) is 3.28. The van der Waals surface area contributed by atoms with Crippen LogP contribution in [0.25, 0.3) is 0 Å². The van der Waals surface area contributed by atoms with Gasteiger partial charge in [-0.25, -0.2) is 9.48 Å². The van der Waals surface area contributed by atoms with E-state index in [0.717, 1.165) is 43.6 Å². The number of carbonyl (C=O) groups excluding carboxylic acids is 1. The van der Waals surface area contributed by atoms with Gasteiger partial charge in [0.1, 0.15) is 12.4 Å². The lowest BCUT2D eigenvalue weighted by atomic mass is 10.1. The molecule has 2 aromatic rings. The highest BCUT2D eigenvalue weighted by Gasteiger charge is 2.27. The summed E-state index contributed by atoms with van der Waals surface area (Å²) in [5.74, 6) is 1.08. The van der Waals surface area contributed by atoms with Crippen molar-refractivity contribution in [2.45, 2.75) is 45.7 Å². The number of amides is 1. The van der Waals surface area contributed by atoms with E-state index in [2.05, 4.69) is 12.0 Å². The fourth-order valence-corrected chi connectivity index (χ4v) is 3.69. The molecule has 7 nitrogen and oxygen atoms in total. The Morgan fingerprint density at radius 2 is 2.07 bits per heavy atom. The summed E-state index contributed by atoms with van der Waals surface area (Å²) in [5, 5.41) is 4.51. The minimum atomic E-state index is -0.212.